The van der Waals surface area contributed by atoms with Gasteiger partial charge in [0.1, 0.15) is 0 Å². The molecular weight excluding hydrogens is 304 g/mol. The summed E-state index contributed by atoms with van der Waals surface area (Å²) in [4.78, 5) is 22.5. The Morgan fingerprint density at radius 1 is 1.43 bits per heavy atom. The van der Waals surface area contributed by atoms with Gasteiger partial charge in [-0.05, 0) is 13.8 Å². The molecule has 0 aromatic heterocycles. The van der Waals surface area contributed by atoms with Crippen molar-refractivity contribution in [2.75, 3.05) is 26.8 Å². The third kappa shape index (κ3) is 5.86. The summed E-state index contributed by atoms with van der Waals surface area (Å²) in [5, 5.41) is 0. The van der Waals surface area contributed by atoms with E-state index in [0.717, 1.165) is 4.31 Å². The fraction of sp³-hybridized carbons (Fsp3) is 0.818. The van der Waals surface area contributed by atoms with E-state index in [4.69, 9.17) is 9.47 Å². The number of rotatable bonds is 5. The third-order valence-corrected chi connectivity index (χ3v) is 4.05. The highest BCUT2D eigenvalue weighted by Crippen LogP contribution is 2.12. The smallest absolute Gasteiger partial charge is 0.422 e. The fourth-order valence-corrected chi connectivity index (χ4v) is 2.78. The number of esters is 1. The molecule has 21 heavy (non-hydrogen) atoms. The van der Waals surface area contributed by atoms with Crippen LogP contribution in [-0.4, -0.2) is 63.8 Å². The molecule has 1 rings (SSSR count). The lowest BCUT2D eigenvalue weighted by atomic mass is 10.2. The molecule has 0 bridgehead atoms. The molecule has 0 aromatic rings. The van der Waals surface area contributed by atoms with Gasteiger partial charge in [-0.3, -0.25) is 4.79 Å². The zero-order chi connectivity index (χ0) is 16.0. The maximum Gasteiger partial charge on any atom is 0.422 e. The Bertz CT molecular complexity index is 477. The van der Waals surface area contributed by atoms with Crippen molar-refractivity contribution in [1.82, 2.24) is 9.03 Å². The van der Waals surface area contributed by atoms with Crippen molar-refractivity contribution in [3.05, 3.63) is 0 Å². The molecule has 9 nitrogen and oxygen atoms in total. The van der Waals surface area contributed by atoms with Crippen molar-refractivity contribution in [2.24, 2.45) is 0 Å². The van der Waals surface area contributed by atoms with Gasteiger partial charge in [-0.2, -0.15) is 12.7 Å². The molecule has 0 radical (unpaired) electrons. The SMILES string of the molecule is COC(=O)CC1CN(S(=O)(=O)NC(=O)OC(C)C)CCO1. The second kappa shape index (κ2) is 7.57. The lowest BCUT2D eigenvalue weighted by Crippen LogP contribution is -2.51. The Morgan fingerprint density at radius 2 is 2.10 bits per heavy atom. The first-order chi connectivity index (χ1) is 9.74. The minimum Gasteiger partial charge on any atom is -0.469 e. The molecule has 1 fully saturated rings. The van der Waals surface area contributed by atoms with Gasteiger partial charge in [-0.25, -0.2) is 9.52 Å². The van der Waals surface area contributed by atoms with Crippen LogP contribution in [0.5, 0.6) is 0 Å². The minimum atomic E-state index is -4.03. The first-order valence-corrected chi connectivity index (χ1v) is 7.85. The molecule has 122 valence electrons. The number of nitrogens with zero attached hydrogens (tertiary/aromatic N) is 1. The molecule has 0 spiro atoms. The average Bonchev–Trinajstić information content (AvgIpc) is 2.37. The molecule has 1 amide bonds. The summed E-state index contributed by atoms with van der Waals surface area (Å²) in [6.45, 7) is 3.38. The van der Waals surface area contributed by atoms with Crippen LogP contribution in [0.1, 0.15) is 20.3 Å². The van der Waals surface area contributed by atoms with Crippen LogP contribution in [0.4, 0.5) is 4.79 Å². The number of carbonyl (C=O) groups is 2. The molecule has 1 saturated heterocycles. The Morgan fingerprint density at radius 3 is 2.67 bits per heavy atom. The highest BCUT2D eigenvalue weighted by molar-refractivity contribution is 7.87. The van der Waals surface area contributed by atoms with Gasteiger partial charge >= 0.3 is 22.3 Å². The van der Waals surface area contributed by atoms with Gasteiger partial charge in [0.05, 0.1) is 32.3 Å². The second-order valence-corrected chi connectivity index (χ2v) is 6.36. The molecule has 0 aliphatic carbocycles. The van der Waals surface area contributed by atoms with E-state index in [-0.39, 0.29) is 26.1 Å². The molecule has 1 aliphatic rings. The highest BCUT2D eigenvalue weighted by atomic mass is 32.2. The topological polar surface area (TPSA) is 111 Å². The van der Waals surface area contributed by atoms with Crippen LogP contribution in [-0.2, 0) is 29.2 Å². The molecule has 1 heterocycles. The average molecular weight is 324 g/mol. The van der Waals surface area contributed by atoms with Crippen molar-refractivity contribution in [3.63, 3.8) is 0 Å². The Balaban J connectivity index is 2.61. The standard InChI is InChI=1S/C11H20N2O7S/c1-8(2)20-11(15)12-21(16,17)13-4-5-19-9(7-13)6-10(14)18-3/h8-9H,4-7H2,1-3H3,(H,12,15). The first-order valence-electron chi connectivity index (χ1n) is 6.41. The lowest BCUT2D eigenvalue weighted by Gasteiger charge is -2.31. The number of carbonyl (C=O) groups excluding carboxylic acids is 2. The zero-order valence-electron chi connectivity index (χ0n) is 12.2. The summed E-state index contributed by atoms with van der Waals surface area (Å²) >= 11 is 0. The van der Waals surface area contributed by atoms with E-state index in [1.165, 1.54) is 7.11 Å². The summed E-state index contributed by atoms with van der Waals surface area (Å²) < 4.78 is 41.4. The zero-order valence-corrected chi connectivity index (χ0v) is 13.0. The summed E-state index contributed by atoms with van der Waals surface area (Å²) in [5.74, 6) is -0.494. The summed E-state index contributed by atoms with van der Waals surface area (Å²) in [5.41, 5.74) is 0. The van der Waals surface area contributed by atoms with Crippen LogP contribution in [0.3, 0.4) is 0 Å². The maximum absolute atomic E-state index is 12.0. The van der Waals surface area contributed by atoms with Crippen LogP contribution >= 0.6 is 0 Å². The molecule has 1 atom stereocenters. The van der Waals surface area contributed by atoms with Crippen LogP contribution < -0.4 is 4.72 Å². The quantitative estimate of drug-likeness (QED) is 0.687. The van der Waals surface area contributed by atoms with E-state index in [1.54, 1.807) is 13.8 Å². The van der Waals surface area contributed by atoms with Gasteiger partial charge in [0, 0.05) is 13.1 Å². The molecule has 1 N–H and O–H groups in total. The van der Waals surface area contributed by atoms with Crippen molar-refractivity contribution in [3.8, 4) is 0 Å². The predicted molar refractivity (Wildman–Crippen MR) is 71.6 cm³/mol. The monoisotopic (exact) mass is 324 g/mol. The number of hydrogen-bond acceptors (Lipinski definition) is 7. The van der Waals surface area contributed by atoms with Gasteiger partial charge in [-0.15, -0.1) is 0 Å². The van der Waals surface area contributed by atoms with Crippen LogP contribution in [0.25, 0.3) is 0 Å². The van der Waals surface area contributed by atoms with Crippen molar-refractivity contribution < 1.29 is 32.2 Å². The second-order valence-electron chi connectivity index (χ2n) is 4.69. The van der Waals surface area contributed by atoms with E-state index < -0.39 is 34.5 Å². The van der Waals surface area contributed by atoms with Crippen molar-refractivity contribution in [2.45, 2.75) is 32.5 Å². The molecule has 1 unspecified atom stereocenters. The Hall–Kier alpha value is -1.39. The van der Waals surface area contributed by atoms with Crippen LogP contribution in [0.2, 0.25) is 0 Å². The van der Waals surface area contributed by atoms with E-state index in [2.05, 4.69) is 4.74 Å². The third-order valence-electron chi connectivity index (χ3n) is 2.62. The Labute approximate surface area is 123 Å². The molecule has 0 saturated carbocycles. The van der Waals surface area contributed by atoms with E-state index in [9.17, 15) is 18.0 Å². The maximum atomic E-state index is 12.0. The molecule has 10 heteroatoms. The number of morpholine rings is 1. The number of ether oxygens (including phenoxy) is 3. The van der Waals surface area contributed by atoms with Crippen molar-refractivity contribution in [1.29, 1.82) is 0 Å². The largest absolute Gasteiger partial charge is 0.469 e. The van der Waals surface area contributed by atoms with Gasteiger partial charge < -0.3 is 14.2 Å². The first kappa shape index (κ1) is 17.7. The summed E-state index contributed by atoms with van der Waals surface area (Å²) in [7, 11) is -2.79. The predicted octanol–water partition coefficient (Wildman–Crippen LogP) is -0.370. The van der Waals surface area contributed by atoms with E-state index in [0.29, 0.717) is 0 Å². The lowest BCUT2D eigenvalue weighted by molar-refractivity contribution is -0.145. The van der Waals surface area contributed by atoms with Crippen molar-refractivity contribution >= 4 is 22.3 Å². The summed E-state index contributed by atoms with van der Waals surface area (Å²) in [6.07, 6.45) is -2.14. The summed E-state index contributed by atoms with van der Waals surface area (Å²) in [6, 6.07) is 0. The molecule has 1 aliphatic heterocycles. The van der Waals surface area contributed by atoms with E-state index in [1.807, 2.05) is 4.72 Å². The van der Waals surface area contributed by atoms with Gasteiger partial charge in [0.15, 0.2) is 0 Å². The molecule has 0 aromatic carbocycles. The van der Waals surface area contributed by atoms with Gasteiger partial charge in [0.25, 0.3) is 0 Å². The Kier molecular flexibility index (Phi) is 6.37. The number of hydrogen-bond donors (Lipinski definition) is 1. The van der Waals surface area contributed by atoms with E-state index >= 15 is 0 Å². The number of nitrogens with one attached hydrogen (secondary N) is 1. The number of methoxy groups -OCH3 is 1. The van der Waals surface area contributed by atoms with Crippen LogP contribution in [0, 0.1) is 0 Å². The van der Waals surface area contributed by atoms with Gasteiger partial charge in [-0.1, -0.05) is 0 Å². The normalized spacial score (nSPS) is 20.1. The van der Waals surface area contributed by atoms with Gasteiger partial charge in [0.2, 0.25) is 0 Å². The molecular formula is C11H20N2O7S. The highest BCUT2D eigenvalue weighted by Gasteiger charge is 2.32. The van der Waals surface area contributed by atoms with Crippen LogP contribution in [0.15, 0.2) is 0 Å². The number of amides is 1. The fourth-order valence-electron chi connectivity index (χ4n) is 1.71. The minimum absolute atomic E-state index is 0.0423.